The van der Waals surface area contributed by atoms with Crippen LogP contribution in [0.1, 0.15) is 12.0 Å². The number of fused-ring (bicyclic) bond motifs is 1. The summed E-state index contributed by atoms with van der Waals surface area (Å²) in [5.74, 6) is 0. The van der Waals surface area contributed by atoms with Gasteiger partial charge in [0, 0.05) is 22.8 Å². The van der Waals surface area contributed by atoms with E-state index in [2.05, 4.69) is 65.0 Å². The van der Waals surface area contributed by atoms with Crippen molar-refractivity contribution in [2.24, 2.45) is 0 Å². The molecule has 1 heterocycles. The fourth-order valence-corrected chi connectivity index (χ4v) is 3.33. The minimum atomic E-state index is 0.777. The van der Waals surface area contributed by atoms with Gasteiger partial charge in [-0.2, -0.15) is 0 Å². The Hall–Kier alpha value is -1.52. The zero-order valence-electron chi connectivity index (χ0n) is 12.0. The molecule has 0 unspecified atom stereocenters. The van der Waals surface area contributed by atoms with Crippen LogP contribution in [0.15, 0.2) is 53.4 Å². The number of nitrogens with one attached hydrogen (secondary N) is 1. The number of thioether (sulfide) groups is 1. The van der Waals surface area contributed by atoms with Crippen LogP contribution < -0.4 is 10.2 Å². The molecule has 1 N–H and O–H groups in total. The highest BCUT2D eigenvalue weighted by Crippen LogP contribution is 2.27. The number of nitrogens with zero attached hydrogens (tertiary/aromatic N) is 1. The second kappa shape index (κ2) is 6.50. The number of anilines is 2. The summed E-state index contributed by atoms with van der Waals surface area (Å²) < 4.78 is 0. The molecule has 21 heavy (non-hydrogen) atoms. The van der Waals surface area contributed by atoms with Crippen molar-refractivity contribution in [3.8, 4) is 0 Å². The van der Waals surface area contributed by atoms with Crippen molar-refractivity contribution in [1.29, 1.82) is 0 Å². The van der Waals surface area contributed by atoms with Gasteiger partial charge in [0.1, 0.15) is 0 Å². The van der Waals surface area contributed by atoms with Gasteiger partial charge in [0.05, 0.1) is 0 Å². The van der Waals surface area contributed by atoms with Crippen LogP contribution in [0, 0.1) is 0 Å². The molecule has 0 radical (unpaired) electrons. The maximum atomic E-state index is 5.60. The van der Waals surface area contributed by atoms with E-state index in [1.807, 2.05) is 0 Å². The zero-order valence-corrected chi connectivity index (χ0v) is 13.6. The Balaban J connectivity index is 1.76. The number of hydrogen-bond donors (Lipinski definition) is 1. The molecule has 2 aromatic carbocycles. The molecular weight excluding hydrogens is 296 g/mol. The van der Waals surface area contributed by atoms with Crippen molar-refractivity contribution in [3.05, 3.63) is 54.1 Å². The predicted octanol–water partition coefficient (Wildman–Crippen LogP) is 4.56. The lowest BCUT2D eigenvalue weighted by Crippen LogP contribution is -2.38. The van der Waals surface area contributed by atoms with Gasteiger partial charge < -0.3 is 10.2 Å². The summed E-state index contributed by atoms with van der Waals surface area (Å²) in [6.45, 7) is 0.978. The molecule has 0 bridgehead atoms. The molecule has 108 valence electrons. The summed E-state index contributed by atoms with van der Waals surface area (Å²) >= 11 is 7.35. The van der Waals surface area contributed by atoms with Crippen LogP contribution in [0.25, 0.3) is 0 Å². The van der Waals surface area contributed by atoms with Crippen molar-refractivity contribution in [2.45, 2.75) is 17.7 Å². The summed E-state index contributed by atoms with van der Waals surface area (Å²) in [5, 5.41) is 4.13. The number of rotatable bonds is 2. The van der Waals surface area contributed by atoms with E-state index in [4.69, 9.17) is 12.2 Å². The largest absolute Gasteiger partial charge is 0.332 e. The third-order valence-electron chi connectivity index (χ3n) is 3.70. The molecule has 0 spiro atoms. The lowest BCUT2D eigenvalue weighted by molar-refractivity contribution is 0.781. The first kappa shape index (κ1) is 14.4. The van der Waals surface area contributed by atoms with Crippen LogP contribution in [0.2, 0.25) is 0 Å². The van der Waals surface area contributed by atoms with E-state index in [-0.39, 0.29) is 0 Å². The second-order valence-electron chi connectivity index (χ2n) is 5.04. The molecule has 0 atom stereocenters. The average molecular weight is 314 g/mol. The highest BCUT2D eigenvalue weighted by molar-refractivity contribution is 7.98. The van der Waals surface area contributed by atoms with E-state index in [0.717, 1.165) is 30.2 Å². The standard InChI is InChI=1S/C17H18N2S2/c1-21-15-10-8-14(9-11-15)18-17(20)19-12-4-6-13-5-2-3-7-16(13)19/h2-3,5,7-11H,4,6,12H2,1H3,(H,18,20). The Labute approximate surface area is 135 Å². The minimum absolute atomic E-state index is 0.777. The normalized spacial score (nSPS) is 13.7. The van der Waals surface area contributed by atoms with E-state index in [0.29, 0.717) is 0 Å². The Bertz CT molecular complexity index is 637. The fraction of sp³-hybridized carbons (Fsp3) is 0.235. The van der Waals surface area contributed by atoms with Gasteiger partial charge in [-0.3, -0.25) is 0 Å². The molecule has 0 saturated carbocycles. The van der Waals surface area contributed by atoms with E-state index >= 15 is 0 Å². The van der Waals surface area contributed by atoms with E-state index < -0.39 is 0 Å². The monoisotopic (exact) mass is 314 g/mol. The summed E-state index contributed by atoms with van der Waals surface area (Å²) in [4.78, 5) is 3.46. The number of para-hydroxylation sites is 1. The molecular formula is C17H18N2S2. The molecule has 1 aliphatic heterocycles. The van der Waals surface area contributed by atoms with Crippen LogP contribution in [0.3, 0.4) is 0 Å². The summed E-state index contributed by atoms with van der Waals surface area (Å²) in [6, 6.07) is 16.9. The third kappa shape index (κ3) is 3.22. The quantitative estimate of drug-likeness (QED) is 0.645. The van der Waals surface area contributed by atoms with Gasteiger partial charge in [-0.05, 0) is 67.2 Å². The molecule has 0 saturated heterocycles. The first-order chi connectivity index (χ1) is 10.3. The minimum Gasteiger partial charge on any atom is -0.332 e. The number of thiocarbonyl (C=S) groups is 1. The highest BCUT2D eigenvalue weighted by atomic mass is 32.2. The van der Waals surface area contributed by atoms with E-state index in [1.165, 1.54) is 16.1 Å². The van der Waals surface area contributed by atoms with E-state index in [9.17, 15) is 0 Å². The molecule has 2 nitrogen and oxygen atoms in total. The maximum Gasteiger partial charge on any atom is 0.177 e. The van der Waals surface area contributed by atoms with Crippen molar-refractivity contribution >= 4 is 40.5 Å². The lowest BCUT2D eigenvalue weighted by atomic mass is 10.0. The van der Waals surface area contributed by atoms with Gasteiger partial charge in [0.2, 0.25) is 0 Å². The Morgan fingerprint density at radius 1 is 1.14 bits per heavy atom. The molecule has 0 fully saturated rings. The van der Waals surface area contributed by atoms with Crippen LogP contribution in [0.5, 0.6) is 0 Å². The van der Waals surface area contributed by atoms with Gasteiger partial charge >= 0.3 is 0 Å². The maximum absolute atomic E-state index is 5.60. The van der Waals surface area contributed by atoms with Crippen LogP contribution >= 0.6 is 24.0 Å². The summed E-state index contributed by atoms with van der Waals surface area (Å²) in [6.07, 6.45) is 4.36. The van der Waals surface area contributed by atoms with Gasteiger partial charge in [0.15, 0.2) is 5.11 Å². The Morgan fingerprint density at radius 2 is 1.90 bits per heavy atom. The SMILES string of the molecule is CSc1ccc(NC(=S)N2CCCc3ccccc32)cc1. The van der Waals surface area contributed by atoms with Gasteiger partial charge in [-0.1, -0.05) is 18.2 Å². The first-order valence-electron chi connectivity index (χ1n) is 7.08. The second-order valence-corrected chi connectivity index (χ2v) is 6.31. The highest BCUT2D eigenvalue weighted by Gasteiger charge is 2.19. The van der Waals surface area contributed by atoms with Crippen molar-refractivity contribution in [3.63, 3.8) is 0 Å². The molecule has 3 rings (SSSR count). The van der Waals surface area contributed by atoms with Crippen molar-refractivity contribution in [2.75, 3.05) is 23.0 Å². The van der Waals surface area contributed by atoms with E-state index in [1.54, 1.807) is 11.8 Å². The third-order valence-corrected chi connectivity index (χ3v) is 4.76. The molecule has 0 aromatic heterocycles. The van der Waals surface area contributed by atoms with Gasteiger partial charge in [0.25, 0.3) is 0 Å². The van der Waals surface area contributed by atoms with Crippen LogP contribution in [-0.4, -0.2) is 17.9 Å². The summed E-state index contributed by atoms with van der Waals surface area (Å²) in [7, 11) is 0. The smallest absolute Gasteiger partial charge is 0.177 e. The zero-order chi connectivity index (χ0) is 14.7. The number of aryl methyl sites for hydroxylation is 1. The average Bonchev–Trinajstić information content (AvgIpc) is 2.55. The van der Waals surface area contributed by atoms with Crippen molar-refractivity contribution < 1.29 is 0 Å². The Morgan fingerprint density at radius 3 is 2.67 bits per heavy atom. The Kier molecular flexibility index (Phi) is 4.46. The number of benzene rings is 2. The number of hydrogen-bond acceptors (Lipinski definition) is 2. The van der Waals surface area contributed by atoms with Gasteiger partial charge in [-0.25, -0.2) is 0 Å². The lowest BCUT2D eigenvalue weighted by Gasteiger charge is -2.31. The molecule has 1 aliphatic rings. The van der Waals surface area contributed by atoms with Gasteiger partial charge in [-0.15, -0.1) is 11.8 Å². The molecule has 0 aliphatic carbocycles. The fourth-order valence-electron chi connectivity index (χ4n) is 2.61. The first-order valence-corrected chi connectivity index (χ1v) is 8.72. The molecule has 2 aromatic rings. The molecule has 0 amide bonds. The van der Waals surface area contributed by atoms with Crippen LogP contribution in [-0.2, 0) is 6.42 Å². The van der Waals surface area contributed by atoms with Crippen molar-refractivity contribution in [1.82, 2.24) is 0 Å². The molecule has 4 heteroatoms. The van der Waals surface area contributed by atoms with Crippen LogP contribution in [0.4, 0.5) is 11.4 Å². The predicted molar refractivity (Wildman–Crippen MR) is 96.6 cm³/mol. The summed E-state index contributed by atoms with van der Waals surface area (Å²) in [5.41, 5.74) is 3.66. The topological polar surface area (TPSA) is 15.3 Å².